The second-order valence-electron chi connectivity index (χ2n) is 7.41. The van der Waals surface area contributed by atoms with E-state index >= 15 is 0 Å². The number of carbonyl (C=O) groups is 1. The third-order valence-electron chi connectivity index (χ3n) is 4.45. The van der Waals surface area contributed by atoms with E-state index < -0.39 is 22.8 Å². The number of nitrogens with one attached hydrogen (secondary N) is 1. The minimum absolute atomic E-state index is 0.00881. The number of ether oxygens (including phenoxy) is 2. The topological polar surface area (TPSA) is 103 Å². The van der Waals surface area contributed by atoms with E-state index in [1.807, 2.05) is 38.1 Å². The first-order chi connectivity index (χ1) is 13.2. The van der Waals surface area contributed by atoms with Gasteiger partial charge in [-0.1, -0.05) is 18.2 Å². The lowest BCUT2D eigenvalue weighted by Gasteiger charge is -2.32. The normalized spacial score (nSPS) is 15.2. The summed E-state index contributed by atoms with van der Waals surface area (Å²) in [4.78, 5) is 29.4. The van der Waals surface area contributed by atoms with Crippen LogP contribution in [0.2, 0.25) is 0 Å². The molecule has 1 aromatic carbocycles. The quantitative estimate of drug-likeness (QED) is 0.813. The van der Waals surface area contributed by atoms with E-state index in [4.69, 9.17) is 9.47 Å². The molecular formula is C20H25N3O5. The molecular weight excluding hydrogens is 362 g/mol. The second-order valence-corrected chi connectivity index (χ2v) is 7.41. The van der Waals surface area contributed by atoms with Gasteiger partial charge in [0.15, 0.2) is 5.69 Å². The average molecular weight is 387 g/mol. The molecule has 2 aromatic rings. The molecule has 1 aliphatic rings. The average Bonchev–Trinajstić information content (AvgIpc) is 2.63. The Morgan fingerprint density at radius 1 is 1.39 bits per heavy atom. The number of hydrogen-bond donors (Lipinski definition) is 2. The zero-order valence-corrected chi connectivity index (χ0v) is 16.5. The number of aromatic hydroxyl groups is 1. The van der Waals surface area contributed by atoms with Gasteiger partial charge in [-0.3, -0.25) is 14.2 Å². The number of benzene rings is 1. The summed E-state index contributed by atoms with van der Waals surface area (Å²) in [5.41, 5.74) is -1.01. The summed E-state index contributed by atoms with van der Waals surface area (Å²) in [5.74, 6) is -0.324. The van der Waals surface area contributed by atoms with Gasteiger partial charge in [0.25, 0.3) is 11.5 Å². The van der Waals surface area contributed by atoms with Crippen LogP contribution in [0.5, 0.6) is 11.5 Å². The lowest BCUT2D eigenvalue weighted by Crippen LogP contribution is -2.42. The number of para-hydroxylation sites is 1. The molecule has 3 rings (SSSR count). The molecule has 1 amide bonds. The van der Waals surface area contributed by atoms with Gasteiger partial charge in [-0.25, -0.2) is 4.98 Å². The maximum absolute atomic E-state index is 12.7. The Hall–Kier alpha value is -2.87. The van der Waals surface area contributed by atoms with Crippen LogP contribution in [0.25, 0.3) is 0 Å². The van der Waals surface area contributed by atoms with Gasteiger partial charge in [-0.2, -0.15) is 0 Å². The van der Waals surface area contributed by atoms with E-state index in [1.165, 1.54) is 4.57 Å². The summed E-state index contributed by atoms with van der Waals surface area (Å²) in [5, 5.41) is 12.9. The molecule has 150 valence electrons. The van der Waals surface area contributed by atoms with E-state index in [2.05, 4.69) is 10.3 Å². The van der Waals surface area contributed by atoms with Crippen LogP contribution in [0.4, 0.5) is 0 Å². The number of amides is 1. The van der Waals surface area contributed by atoms with E-state index in [9.17, 15) is 14.7 Å². The van der Waals surface area contributed by atoms with Crippen molar-refractivity contribution >= 4 is 5.91 Å². The van der Waals surface area contributed by atoms with Crippen molar-refractivity contribution in [3.8, 4) is 11.5 Å². The van der Waals surface area contributed by atoms with Crippen molar-refractivity contribution in [3.63, 3.8) is 0 Å². The van der Waals surface area contributed by atoms with Crippen molar-refractivity contribution in [2.24, 2.45) is 0 Å². The Kier molecular flexibility index (Phi) is 5.42. The third-order valence-corrected chi connectivity index (χ3v) is 4.45. The van der Waals surface area contributed by atoms with E-state index in [0.717, 1.165) is 5.56 Å². The minimum atomic E-state index is -0.835. The highest BCUT2D eigenvalue weighted by atomic mass is 16.5. The highest BCUT2D eigenvalue weighted by Crippen LogP contribution is 2.27. The fraction of sp³-hybridized carbons (Fsp3) is 0.450. The van der Waals surface area contributed by atoms with Crippen molar-refractivity contribution in [3.05, 3.63) is 51.7 Å². The number of rotatable bonds is 5. The zero-order chi connectivity index (χ0) is 20.5. The van der Waals surface area contributed by atoms with Gasteiger partial charge in [-0.15, -0.1) is 0 Å². The molecule has 8 nitrogen and oxygen atoms in total. The molecule has 1 aliphatic heterocycles. The van der Waals surface area contributed by atoms with Gasteiger partial charge in [0.2, 0.25) is 5.75 Å². The molecule has 0 spiro atoms. The largest absolute Gasteiger partial charge is 0.501 e. The second kappa shape index (κ2) is 7.63. The van der Waals surface area contributed by atoms with Gasteiger partial charge >= 0.3 is 0 Å². The molecule has 2 heterocycles. The number of carbonyl (C=O) groups excluding carboxylic acids is 1. The fourth-order valence-electron chi connectivity index (χ4n) is 3.10. The molecule has 0 fully saturated rings. The highest BCUT2D eigenvalue weighted by Gasteiger charge is 2.34. The summed E-state index contributed by atoms with van der Waals surface area (Å²) >= 11 is 0. The summed E-state index contributed by atoms with van der Waals surface area (Å²) in [6.45, 7) is 8.15. The predicted molar refractivity (Wildman–Crippen MR) is 103 cm³/mol. The standard InChI is InChI=1S/C20H25N3O5/c1-12(2)28-14-8-6-5-7-13(14)11-21-17(25)15-16(24)18(26)23-9-10-27-20(3,4)19(23)22-15/h5-8,12,24H,9-11H2,1-4H3,(H,21,25). The number of nitrogens with zero attached hydrogens (tertiary/aromatic N) is 2. The van der Waals surface area contributed by atoms with Gasteiger partial charge in [0.1, 0.15) is 17.2 Å². The molecule has 0 bridgehead atoms. The molecule has 2 N–H and O–H groups in total. The summed E-state index contributed by atoms with van der Waals surface area (Å²) in [7, 11) is 0. The van der Waals surface area contributed by atoms with Crippen molar-refractivity contribution in [2.75, 3.05) is 6.61 Å². The smallest absolute Gasteiger partial charge is 0.296 e. The summed E-state index contributed by atoms with van der Waals surface area (Å²) in [6, 6.07) is 7.35. The van der Waals surface area contributed by atoms with Crippen LogP contribution in [0, 0.1) is 0 Å². The third kappa shape index (κ3) is 3.87. The first kappa shape index (κ1) is 19.9. The van der Waals surface area contributed by atoms with Crippen molar-refractivity contribution < 1.29 is 19.4 Å². The van der Waals surface area contributed by atoms with Crippen LogP contribution in [-0.4, -0.2) is 33.3 Å². The van der Waals surface area contributed by atoms with Crippen LogP contribution in [0.15, 0.2) is 29.1 Å². The molecule has 0 atom stereocenters. The zero-order valence-electron chi connectivity index (χ0n) is 16.5. The predicted octanol–water partition coefficient (Wildman–Crippen LogP) is 1.93. The van der Waals surface area contributed by atoms with Crippen molar-refractivity contribution in [1.29, 1.82) is 0 Å². The van der Waals surface area contributed by atoms with Crippen LogP contribution in [0.3, 0.4) is 0 Å². The maximum atomic E-state index is 12.7. The Bertz CT molecular complexity index is 949. The lowest BCUT2D eigenvalue weighted by atomic mass is 10.1. The minimum Gasteiger partial charge on any atom is -0.501 e. The van der Waals surface area contributed by atoms with Gasteiger partial charge < -0.3 is 19.9 Å². The number of aromatic nitrogens is 2. The van der Waals surface area contributed by atoms with Crippen LogP contribution in [-0.2, 0) is 23.4 Å². The van der Waals surface area contributed by atoms with E-state index in [1.54, 1.807) is 13.8 Å². The van der Waals surface area contributed by atoms with E-state index in [0.29, 0.717) is 18.2 Å². The Labute approximate surface area is 163 Å². The molecule has 8 heteroatoms. The van der Waals surface area contributed by atoms with E-state index in [-0.39, 0.29) is 24.9 Å². The molecule has 0 saturated heterocycles. The first-order valence-corrected chi connectivity index (χ1v) is 9.21. The van der Waals surface area contributed by atoms with Gasteiger partial charge in [0.05, 0.1) is 19.3 Å². The number of hydrogen-bond acceptors (Lipinski definition) is 6. The summed E-state index contributed by atoms with van der Waals surface area (Å²) in [6.07, 6.45) is -0.00881. The van der Waals surface area contributed by atoms with Crippen molar-refractivity contribution in [1.82, 2.24) is 14.9 Å². The molecule has 1 aromatic heterocycles. The Balaban J connectivity index is 1.87. The lowest BCUT2D eigenvalue weighted by molar-refractivity contribution is -0.0566. The first-order valence-electron chi connectivity index (χ1n) is 9.21. The monoisotopic (exact) mass is 387 g/mol. The number of fused-ring (bicyclic) bond motifs is 1. The van der Waals surface area contributed by atoms with Crippen LogP contribution >= 0.6 is 0 Å². The highest BCUT2D eigenvalue weighted by molar-refractivity contribution is 5.94. The van der Waals surface area contributed by atoms with Gasteiger partial charge in [-0.05, 0) is 33.8 Å². The van der Waals surface area contributed by atoms with Crippen LogP contribution < -0.4 is 15.6 Å². The maximum Gasteiger partial charge on any atom is 0.296 e. The van der Waals surface area contributed by atoms with Crippen LogP contribution in [0.1, 0.15) is 49.6 Å². The molecule has 0 aliphatic carbocycles. The van der Waals surface area contributed by atoms with Crippen molar-refractivity contribution in [2.45, 2.75) is 52.5 Å². The Morgan fingerprint density at radius 3 is 2.82 bits per heavy atom. The SMILES string of the molecule is CC(C)Oc1ccccc1CNC(=O)c1nc2n(c(=O)c1O)CCOC2(C)C. The molecule has 0 radical (unpaired) electrons. The Morgan fingerprint density at radius 2 is 2.11 bits per heavy atom. The van der Waals surface area contributed by atoms with Gasteiger partial charge in [0, 0.05) is 12.1 Å². The summed E-state index contributed by atoms with van der Waals surface area (Å²) < 4.78 is 12.7. The molecule has 28 heavy (non-hydrogen) atoms. The molecule has 0 saturated carbocycles. The molecule has 0 unspecified atom stereocenters. The fourth-order valence-corrected chi connectivity index (χ4v) is 3.10.